The minimum absolute atomic E-state index is 0.273. The van der Waals surface area contributed by atoms with E-state index in [-0.39, 0.29) is 5.91 Å². The van der Waals surface area contributed by atoms with Crippen molar-refractivity contribution >= 4 is 38.8 Å². The monoisotopic (exact) mass is 412 g/mol. The van der Waals surface area contributed by atoms with Gasteiger partial charge in [0.05, 0.1) is 23.5 Å². The van der Waals surface area contributed by atoms with Crippen LogP contribution in [0.4, 0.5) is 5.13 Å². The van der Waals surface area contributed by atoms with Gasteiger partial charge in [-0.1, -0.05) is 23.5 Å². The third kappa shape index (κ3) is 4.24. The van der Waals surface area contributed by atoms with E-state index in [2.05, 4.69) is 20.8 Å². The molecule has 9 heteroatoms. The lowest BCUT2D eigenvalue weighted by Crippen LogP contribution is -2.34. The standard InChI is InChI=1S/C20H20N4O4S/c1-12(22-20-23-14-5-3-4-6-17(14)29-20)19(25)24-21-11-13-9-15(26-2)18-16(10-13)27-7-8-28-18/h3-6,9-12H,7-8H2,1-2H3,(H,22,23)(H,24,25)/b21-11-/t12-/m0/s1. The van der Waals surface area contributed by atoms with Gasteiger partial charge >= 0.3 is 0 Å². The molecule has 1 aliphatic heterocycles. The molecule has 0 radical (unpaired) electrons. The minimum Gasteiger partial charge on any atom is -0.493 e. The number of fused-ring (bicyclic) bond motifs is 2. The Morgan fingerprint density at radius 3 is 2.97 bits per heavy atom. The number of methoxy groups -OCH3 is 1. The van der Waals surface area contributed by atoms with Gasteiger partial charge in [0.15, 0.2) is 16.6 Å². The summed E-state index contributed by atoms with van der Waals surface area (Å²) in [7, 11) is 1.56. The van der Waals surface area contributed by atoms with E-state index in [4.69, 9.17) is 14.2 Å². The number of benzene rings is 2. The zero-order valence-electron chi connectivity index (χ0n) is 16.0. The summed E-state index contributed by atoms with van der Waals surface area (Å²) < 4.78 is 17.6. The van der Waals surface area contributed by atoms with Crippen LogP contribution in [0.3, 0.4) is 0 Å². The maximum atomic E-state index is 12.3. The number of anilines is 1. The molecule has 3 aromatic rings. The van der Waals surface area contributed by atoms with Gasteiger partial charge in [0.25, 0.3) is 5.91 Å². The van der Waals surface area contributed by atoms with E-state index in [1.807, 2.05) is 24.3 Å². The number of nitrogens with one attached hydrogen (secondary N) is 2. The van der Waals surface area contributed by atoms with Crippen molar-refractivity contribution in [2.45, 2.75) is 13.0 Å². The predicted octanol–water partition coefficient (Wildman–Crippen LogP) is 3.03. The van der Waals surface area contributed by atoms with E-state index in [0.29, 0.717) is 35.6 Å². The lowest BCUT2D eigenvalue weighted by molar-refractivity contribution is -0.121. The van der Waals surface area contributed by atoms with Gasteiger partial charge in [0, 0.05) is 5.56 Å². The number of amides is 1. The number of rotatable bonds is 6. The van der Waals surface area contributed by atoms with Crippen LogP contribution < -0.4 is 25.0 Å². The maximum Gasteiger partial charge on any atom is 0.262 e. The minimum atomic E-state index is -0.498. The van der Waals surface area contributed by atoms with Gasteiger partial charge in [-0.05, 0) is 31.2 Å². The number of ether oxygens (including phenoxy) is 3. The number of carbonyl (C=O) groups excluding carboxylic acids is 1. The summed E-state index contributed by atoms with van der Waals surface area (Å²) in [4.78, 5) is 16.8. The molecule has 0 bridgehead atoms. The largest absolute Gasteiger partial charge is 0.493 e. The first kappa shape index (κ1) is 19.0. The van der Waals surface area contributed by atoms with Crippen molar-refractivity contribution in [3.8, 4) is 17.2 Å². The number of carbonyl (C=O) groups is 1. The van der Waals surface area contributed by atoms with Gasteiger partial charge in [-0.25, -0.2) is 10.4 Å². The smallest absolute Gasteiger partial charge is 0.262 e. The Bertz CT molecular complexity index is 1020. The van der Waals surface area contributed by atoms with Crippen LogP contribution in [-0.4, -0.2) is 43.5 Å². The highest BCUT2D eigenvalue weighted by molar-refractivity contribution is 7.22. The number of thiazole rings is 1. The molecule has 0 unspecified atom stereocenters. The van der Waals surface area contributed by atoms with Gasteiger partial charge in [-0.15, -0.1) is 0 Å². The summed E-state index contributed by atoms with van der Waals surface area (Å²) in [5.74, 6) is 1.45. The summed E-state index contributed by atoms with van der Waals surface area (Å²) in [6.45, 7) is 2.71. The molecule has 2 heterocycles. The normalized spacial score (nSPS) is 14.0. The molecule has 1 amide bonds. The van der Waals surface area contributed by atoms with Crippen LogP contribution in [0.15, 0.2) is 41.5 Å². The fourth-order valence-corrected chi connectivity index (χ4v) is 3.77. The van der Waals surface area contributed by atoms with Crippen LogP contribution in [0.1, 0.15) is 12.5 Å². The van der Waals surface area contributed by atoms with E-state index in [9.17, 15) is 4.79 Å². The Hall–Kier alpha value is -3.33. The second-order valence-electron chi connectivity index (χ2n) is 6.33. The van der Waals surface area contributed by atoms with Gasteiger partial charge in [0.2, 0.25) is 5.75 Å². The number of hydrogen-bond donors (Lipinski definition) is 2. The zero-order chi connectivity index (χ0) is 20.2. The van der Waals surface area contributed by atoms with Crippen LogP contribution in [0.25, 0.3) is 10.2 Å². The van der Waals surface area contributed by atoms with E-state index >= 15 is 0 Å². The number of nitrogens with zero attached hydrogens (tertiary/aromatic N) is 2. The van der Waals surface area contributed by atoms with E-state index < -0.39 is 6.04 Å². The first-order chi connectivity index (χ1) is 14.1. The van der Waals surface area contributed by atoms with E-state index in [1.54, 1.807) is 26.2 Å². The second kappa shape index (κ2) is 8.36. The van der Waals surface area contributed by atoms with Crippen LogP contribution in [0.5, 0.6) is 17.2 Å². The number of aromatic nitrogens is 1. The molecule has 0 fully saturated rings. The van der Waals surface area contributed by atoms with Crippen LogP contribution in [0.2, 0.25) is 0 Å². The average molecular weight is 412 g/mol. The van der Waals surface area contributed by atoms with Gasteiger partial charge < -0.3 is 19.5 Å². The molecule has 2 N–H and O–H groups in total. The Balaban J connectivity index is 1.39. The molecule has 150 valence electrons. The van der Waals surface area contributed by atoms with Gasteiger partial charge in [-0.3, -0.25) is 4.79 Å². The molecule has 0 saturated carbocycles. The average Bonchev–Trinajstić information content (AvgIpc) is 3.15. The van der Waals surface area contributed by atoms with Crippen molar-refractivity contribution in [1.82, 2.24) is 10.4 Å². The van der Waals surface area contributed by atoms with Gasteiger partial charge in [0.1, 0.15) is 19.3 Å². The molecule has 0 saturated heterocycles. The van der Waals surface area contributed by atoms with Gasteiger partial charge in [-0.2, -0.15) is 5.10 Å². The third-order valence-electron chi connectivity index (χ3n) is 4.27. The maximum absolute atomic E-state index is 12.3. The van der Waals surface area contributed by atoms with Crippen molar-refractivity contribution < 1.29 is 19.0 Å². The molecule has 29 heavy (non-hydrogen) atoms. The predicted molar refractivity (Wildman–Crippen MR) is 112 cm³/mol. The lowest BCUT2D eigenvalue weighted by atomic mass is 10.2. The Morgan fingerprint density at radius 1 is 1.31 bits per heavy atom. The van der Waals surface area contributed by atoms with E-state index in [1.165, 1.54) is 17.6 Å². The first-order valence-electron chi connectivity index (χ1n) is 9.06. The Kier molecular flexibility index (Phi) is 5.48. The molecule has 2 aromatic carbocycles. The number of hydrogen-bond acceptors (Lipinski definition) is 8. The molecule has 0 aliphatic carbocycles. The molecular weight excluding hydrogens is 392 g/mol. The summed E-state index contributed by atoms with van der Waals surface area (Å²) in [6.07, 6.45) is 1.53. The first-order valence-corrected chi connectivity index (χ1v) is 9.88. The zero-order valence-corrected chi connectivity index (χ0v) is 16.8. The molecule has 1 aromatic heterocycles. The fourth-order valence-electron chi connectivity index (χ4n) is 2.82. The van der Waals surface area contributed by atoms with Crippen LogP contribution in [-0.2, 0) is 4.79 Å². The summed E-state index contributed by atoms with van der Waals surface area (Å²) in [5, 5.41) is 7.83. The second-order valence-corrected chi connectivity index (χ2v) is 7.37. The molecule has 4 rings (SSSR count). The summed E-state index contributed by atoms with van der Waals surface area (Å²) >= 11 is 1.50. The molecule has 1 atom stereocenters. The molecule has 0 spiro atoms. The highest BCUT2D eigenvalue weighted by Gasteiger charge is 2.18. The lowest BCUT2D eigenvalue weighted by Gasteiger charge is -2.20. The fraction of sp³-hybridized carbons (Fsp3) is 0.250. The SMILES string of the molecule is COc1cc(/C=N\NC(=O)[C@H](C)Nc2nc3ccccc3s2)cc2c1OCCO2. The Labute approximate surface area is 171 Å². The van der Waals surface area contributed by atoms with E-state index in [0.717, 1.165) is 15.8 Å². The van der Waals surface area contributed by atoms with Crippen molar-refractivity contribution in [3.63, 3.8) is 0 Å². The van der Waals surface area contributed by atoms with Crippen molar-refractivity contribution in [1.29, 1.82) is 0 Å². The van der Waals surface area contributed by atoms with Crippen LogP contribution in [0, 0.1) is 0 Å². The highest BCUT2D eigenvalue weighted by atomic mass is 32.1. The highest BCUT2D eigenvalue weighted by Crippen LogP contribution is 2.40. The molecular formula is C20H20N4O4S. The van der Waals surface area contributed by atoms with Crippen molar-refractivity contribution in [2.24, 2.45) is 5.10 Å². The number of para-hydroxylation sites is 1. The summed E-state index contributed by atoms with van der Waals surface area (Å²) in [5.41, 5.74) is 4.16. The summed E-state index contributed by atoms with van der Waals surface area (Å²) in [6, 6.07) is 10.9. The number of hydrazone groups is 1. The topological polar surface area (TPSA) is 94.1 Å². The third-order valence-corrected chi connectivity index (χ3v) is 5.23. The molecule has 1 aliphatic rings. The van der Waals surface area contributed by atoms with Crippen LogP contribution >= 0.6 is 11.3 Å². The van der Waals surface area contributed by atoms with Crippen molar-refractivity contribution in [2.75, 3.05) is 25.6 Å². The van der Waals surface area contributed by atoms with Crippen molar-refractivity contribution in [3.05, 3.63) is 42.0 Å². The Morgan fingerprint density at radius 2 is 2.14 bits per heavy atom. The molecule has 8 nitrogen and oxygen atoms in total. The quantitative estimate of drug-likeness (QED) is 0.477.